The number of carboxylic acids is 1. The minimum Gasteiger partial charge on any atom is -0.507 e. The van der Waals surface area contributed by atoms with Crippen molar-refractivity contribution in [1.82, 2.24) is 5.32 Å². The van der Waals surface area contributed by atoms with E-state index in [4.69, 9.17) is 4.74 Å². The van der Waals surface area contributed by atoms with Crippen molar-refractivity contribution in [3.8, 4) is 5.75 Å². The molecule has 7 unspecified atom stereocenters. The summed E-state index contributed by atoms with van der Waals surface area (Å²) in [5, 5.41) is 53.2. The number of azo groups is 1. The topological polar surface area (TPSA) is 195 Å². The molecule has 1 amide bonds. The number of Topliss-reactive ketones (excluding diaryl/α,β-unsaturated/α-hetero) is 1. The fourth-order valence-corrected chi connectivity index (χ4v) is 8.79. The van der Waals surface area contributed by atoms with Crippen molar-refractivity contribution in [2.24, 2.45) is 38.8 Å². The number of rotatable bonds is 8. The summed E-state index contributed by atoms with van der Waals surface area (Å²) in [5.41, 5.74) is -1.30. The second-order valence-corrected chi connectivity index (χ2v) is 13.8. The van der Waals surface area contributed by atoms with Gasteiger partial charge in [0.15, 0.2) is 12.4 Å². The lowest BCUT2D eigenvalue weighted by atomic mass is 9.47. The van der Waals surface area contributed by atoms with Crippen molar-refractivity contribution < 1.29 is 44.3 Å². The number of allylic oxidation sites excluding steroid dienone is 4. The van der Waals surface area contributed by atoms with E-state index in [-0.39, 0.29) is 54.2 Å². The molecule has 0 spiro atoms. The highest BCUT2D eigenvalue weighted by molar-refractivity contribution is 5.94. The average Bonchev–Trinajstić information content (AvgIpc) is 3.33. The van der Waals surface area contributed by atoms with Gasteiger partial charge in [0.05, 0.1) is 17.5 Å². The van der Waals surface area contributed by atoms with E-state index in [2.05, 4.69) is 28.5 Å². The Morgan fingerprint density at radius 2 is 1.88 bits per heavy atom. The van der Waals surface area contributed by atoms with Crippen LogP contribution < -0.4 is 5.32 Å². The van der Waals surface area contributed by atoms with Gasteiger partial charge in [-0.15, -0.1) is 0 Å². The van der Waals surface area contributed by atoms with Crippen LogP contribution in [0.4, 0.5) is 16.2 Å². The summed E-state index contributed by atoms with van der Waals surface area (Å²) < 4.78 is 5.27. The number of aromatic hydroxyl groups is 1. The van der Waals surface area contributed by atoms with Crippen LogP contribution in [0.2, 0.25) is 0 Å². The van der Waals surface area contributed by atoms with E-state index in [1.54, 1.807) is 30.3 Å². The summed E-state index contributed by atoms with van der Waals surface area (Å²) >= 11 is 0. The molecule has 2 aromatic rings. The Labute approximate surface area is 277 Å². The first-order chi connectivity index (χ1) is 22.8. The summed E-state index contributed by atoms with van der Waals surface area (Å²) in [6.07, 6.45) is 5.97. The Kier molecular flexibility index (Phi) is 8.59. The number of aliphatic hydroxyl groups excluding tert-OH is 1. The van der Waals surface area contributed by atoms with E-state index < -0.39 is 52.7 Å². The summed E-state index contributed by atoms with van der Waals surface area (Å²) in [5.74, 6) is -2.43. The molecule has 6 rings (SSSR count). The molecule has 0 heterocycles. The van der Waals surface area contributed by atoms with Crippen LogP contribution in [0, 0.1) is 28.6 Å². The number of hydrogen-bond donors (Lipinski definition) is 5. The first kappa shape index (κ1) is 33.2. The Morgan fingerprint density at radius 1 is 1.10 bits per heavy atom. The van der Waals surface area contributed by atoms with Crippen molar-refractivity contribution in [2.75, 3.05) is 6.61 Å². The molecule has 5 N–H and O–H groups in total. The van der Waals surface area contributed by atoms with E-state index in [0.717, 1.165) is 5.57 Å². The molecule has 12 nitrogen and oxygen atoms in total. The highest BCUT2D eigenvalue weighted by Crippen LogP contribution is 2.66. The fourth-order valence-electron chi connectivity index (χ4n) is 8.79. The predicted octanol–water partition coefficient (Wildman–Crippen LogP) is 5.31. The first-order valence-electron chi connectivity index (χ1n) is 16.1. The van der Waals surface area contributed by atoms with Crippen LogP contribution in [-0.4, -0.2) is 62.4 Å². The number of nitrogens with zero attached hydrogens (tertiary/aromatic N) is 2. The van der Waals surface area contributed by atoms with Gasteiger partial charge in [-0.25, -0.2) is 9.59 Å². The van der Waals surface area contributed by atoms with Crippen molar-refractivity contribution in [3.63, 3.8) is 0 Å². The lowest BCUT2D eigenvalue weighted by Crippen LogP contribution is -2.61. The molecule has 2 fully saturated rings. The summed E-state index contributed by atoms with van der Waals surface area (Å²) in [6.45, 7) is 3.26. The number of ether oxygens (including phenoxy) is 1. The summed E-state index contributed by atoms with van der Waals surface area (Å²) in [4.78, 5) is 49.7. The van der Waals surface area contributed by atoms with E-state index in [0.29, 0.717) is 30.5 Å². The predicted molar refractivity (Wildman–Crippen MR) is 172 cm³/mol. The van der Waals surface area contributed by atoms with Gasteiger partial charge in [-0.05, 0) is 73.4 Å². The van der Waals surface area contributed by atoms with E-state index >= 15 is 0 Å². The number of alkyl carbamates (subject to hydrolysis) is 1. The second kappa shape index (κ2) is 12.4. The van der Waals surface area contributed by atoms with Crippen molar-refractivity contribution in [2.45, 2.75) is 64.2 Å². The Balaban J connectivity index is 1.08. The van der Waals surface area contributed by atoms with Crippen LogP contribution in [-0.2, 0) is 20.9 Å². The molecule has 7 atom stereocenters. The number of hydrogen-bond acceptors (Lipinski definition) is 10. The highest BCUT2D eigenvalue weighted by Gasteiger charge is 2.68. The molecule has 0 bridgehead atoms. The third-order valence-electron chi connectivity index (χ3n) is 11.3. The van der Waals surface area contributed by atoms with Gasteiger partial charge in [0.2, 0.25) is 5.78 Å². The maximum absolute atomic E-state index is 13.6. The number of aromatic carboxylic acids is 1. The van der Waals surface area contributed by atoms with Gasteiger partial charge in [0.1, 0.15) is 16.9 Å². The van der Waals surface area contributed by atoms with Gasteiger partial charge >= 0.3 is 12.1 Å². The minimum absolute atomic E-state index is 0.0156. The zero-order valence-electron chi connectivity index (χ0n) is 26.8. The van der Waals surface area contributed by atoms with Gasteiger partial charge < -0.3 is 30.5 Å². The van der Waals surface area contributed by atoms with Gasteiger partial charge in [-0.2, -0.15) is 10.2 Å². The van der Waals surface area contributed by atoms with Gasteiger partial charge in [-0.3, -0.25) is 9.59 Å². The highest BCUT2D eigenvalue weighted by atomic mass is 16.6. The molecule has 4 aliphatic carbocycles. The second-order valence-electron chi connectivity index (χ2n) is 13.8. The smallest absolute Gasteiger partial charge is 0.407 e. The zero-order valence-corrected chi connectivity index (χ0v) is 26.8. The SMILES string of the molecule is CC12C=CC(=O)CC1=CCC1C2C(O)CC2(C)C1CCC2(O)C(=O)COC(=O)NCc1ccccc1N=Nc1ccc(O)c(C(=O)O)c1. The third-order valence-corrected chi connectivity index (χ3v) is 11.3. The van der Waals surface area contributed by atoms with E-state index in [9.17, 15) is 39.6 Å². The number of benzene rings is 2. The lowest BCUT2D eigenvalue weighted by Gasteiger charge is -2.58. The normalized spacial score (nSPS) is 32.2. The molecule has 2 saturated carbocycles. The number of ketones is 2. The van der Waals surface area contributed by atoms with Crippen LogP contribution in [0.3, 0.4) is 0 Å². The molecule has 0 aromatic heterocycles. The van der Waals surface area contributed by atoms with Crippen LogP contribution in [0.25, 0.3) is 0 Å². The van der Waals surface area contributed by atoms with Crippen molar-refractivity contribution in [3.05, 3.63) is 77.4 Å². The maximum atomic E-state index is 13.6. The van der Waals surface area contributed by atoms with E-state index in [1.165, 1.54) is 18.2 Å². The number of phenols is 1. The Bertz CT molecular complexity index is 1770. The monoisotopic (exact) mass is 657 g/mol. The molecular formula is C36H39N3O9. The number of aliphatic hydroxyl groups is 2. The molecule has 0 aliphatic heterocycles. The number of fused-ring (bicyclic) bond motifs is 5. The quantitative estimate of drug-likeness (QED) is 0.185. The minimum atomic E-state index is -1.78. The van der Waals surface area contributed by atoms with Crippen LogP contribution in [0.1, 0.15) is 61.9 Å². The lowest BCUT2D eigenvalue weighted by molar-refractivity contribution is -0.176. The van der Waals surface area contributed by atoms with Crippen LogP contribution in [0.15, 0.2) is 76.5 Å². The number of carbonyl (C=O) groups is 4. The number of amides is 1. The van der Waals surface area contributed by atoms with Crippen LogP contribution in [0.5, 0.6) is 5.75 Å². The van der Waals surface area contributed by atoms with Crippen LogP contribution >= 0.6 is 0 Å². The van der Waals surface area contributed by atoms with Gasteiger partial charge in [0, 0.05) is 29.7 Å². The summed E-state index contributed by atoms with van der Waals surface area (Å²) in [7, 11) is 0. The Hall–Kier alpha value is -4.68. The maximum Gasteiger partial charge on any atom is 0.407 e. The Morgan fingerprint density at radius 3 is 2.65 bits per heavy atom. The number of carbonyl (C=O) groups excluding carboxylic acids is 3. The van der Waals surface area contributed by atoms with Gasteiger partial charge in [0.25, 0.3) is 0 Å². The average molecular weight is 658 g/mol. The van der Waals surface area contributed by atoms with Crippen molar-refractivity contribution in [1.29, 1.82) is 0 Å². The number of carboxylic acid groups (broad SMARTS) is 1. The molecule has 252 valence electrons. The van der Waals surface area contributed by atoms with Crippen molar-refractivity contribution >= 4 is 35.0 Å². The zero-order chi connectivity index (χ0) is 34.4. The molecular weight excluding hydrogens is 618 g/mol. The molecule has 2 aromatic carbocycles. The third kappa shape index (κ3) is 5.62. The molecule has 0 saturated heterocycles. The summed E-state index contributed by atoms with van der Waals surface area (Å²) in [6, 6.07) is 10.6. The molecule has 48 heavy (non-hydrogen) atoms. The molecule has 4 aliphatic rings. The van der Waals surface area contributed by atoms with Gasteiger partial charge in [-0.1, -0.05) is 49.8 Å². The molecule has 12 heteroatoms. The fraction of sp³-hybridized carbons (Fsp3) is 0.444. The first-order valence-corrected chi connectivity index (χ1v) is 16.1. The largest absolute Gasteiger partial charge is 0.507 e. The number of nitrogens with one attached hydrogen (secondary N) is 1. The van der Waals surface area contributed by atoms with E-state index in [1.807, 2.05) is 13.0 Å². The standard InChI is InChI=1S/C36H39N3O9/c1-34-13-11-23(40)15-21(34)7-9-24-26-12-14-36(47,35(26,2)17-29(42)31(24)34)30(43)19-48-33(46)37-18-20-5-3-4-6-27(20)39-38-22-8-10-28(41)25(16-22)32(44)45/h3-8,10-11,13,16,24,26,29,31,41-42,47H,9,12,14-15,17-19H2,1-2H3,(H,37,46)(H,44,45). The molecule has 0 radical (unpaired) electrons.